The molecule has 2 amide bonds. The molecule has 0 radical (unpaired) electrons. The molecule has 13 heteroatoms. The summed E-state index contributed by atoms with van der Waals surface area (Å²) < 4.78 is 12.5. The third-order valence-corrected chi connectivity index (χ3v) is 10.4. The summed E-state index contributed by atoms with van der Waals surface area (Å²) in [5.74, 6) is 1.58. The summed E-state index contributed by atoms with van der Waals surface area (Å²) in [6.45, 7) is 12.7. The molecule has 2 aliphatic heterocycles. The molecule has 5 heterocycles. The number of thiophene rings is 1. The first kappa shape index (κ1) is 35.3. The average molecular weight is 721 g/mol. The van der Waals surface area contributed by atoms with Gasteiger partial charge in [0.05, 0.1) is 35.5 Å². The van der Waals surface area contributed by atoms with Crippen molar-refractivity contribution in [3.05, 3.63) is 76.9 Å². The first-order valence-corrected chi connectivity index (χ1v) is 18.4. The van der Waals surface area contributed by atoms with E-state index in [0.717, 1.165) is 56.1 Å². The van der Waals surface area contributed by atoms with Gasteiger partial charge in [-0.2, -0.15) is 0 Å². The van der Waals surface area contributed by atoms with Gasteiger partial charge in [-0.3, -0.25) is 9.69 Å². The number of hydrogen-bond acceptors (Lipinski definition) is 11. The standard InChI is InChI=1S/C39H44N8O4S/c1-24-6-9-29-18-28(12-13-33(29)47(24)25(2)48)27-10-7-26(8-11-27)22-46(38(49)51-39(3,4)5)23-31-19-32-34(52-31)36(45-14-16-50-17-15-45)44-35(43-32)30-20-41-37(40)42-21-30/h7-8,10-13,18-21,24H,6,9,14-17,22-23H2,1-5H3,(H2,40,41,42)/t24-/m0/s1. The molecule has 2 N–H and O–H groups in total. The van der Waals surface area contributed by atoms with Crippen LogP contribution in [0.25, 0.3) is 32.7 Å². The van der Waals surface area contributed by atoms with Crippen molar-refractivity contribution in [2.75, 3.05) is 41.8 Å². The maximum Gasteiger partial charge on any atom is 0.410 e. The fraction of sp³-hybridized carbons (Fsp3) is 0.385. The normalized spacial score (nSPS) is 16.1. The number of carbonyl (C=O) groups is 2. The third kappa shape index (κ3) is 7.70. The third-order valence-electron chi connectivity index (χ3n) is 9.25. The second-order valence-electron chi connectivity index (χ2n) is 14.4. The molecular formula is C39H44N8O4S. The molecule has 12 nitrogen and oxygen atoms in total. The first-order chi connectivity index (χ1) is 24.9. The first-order valence-electron chi connectivity index (χ1n) is 17.6. The van der Waals surface area contributed by atoms with E-state index in [0.29, 0.717) is 50.8 Å². The summed E-state index contributed by atoms with van der Waals surface area (Å²) in [5.41, 5.74) is 11.9. The number of fused-ring (bicyclic) bond motifs is 2. The smallest absolute Gasteiger partial charge is 0.410 e. The number of aromatic nitrogens is 4. The number of carbonyl (C=O) groups excluding carboxylic acids is 2. The molecule has 0 saturated carbocycles. The van der Waals surface area contributed by atoms with Crippen LogP contribution in [0.15, 0.2) is 60.9 Å². The Balaban J connectivity index is 1.17. The van der Waals surface area contributed by atoms with E-state index in [4.69, 9.17) is 25.2 Å². The van der Waals surface area contributed by atoms with Crippen LogP contribution in [0, 0.1) is 0 Å². The average Bonchev–Trinajstić information content (AvgIpc) is 3.53. The summed E-state index contributed by atoms with van der Waals surface area (Å²) in [6.07, 6.45) is 4.74. The molecule has 0 unspecified atom stereocenters. The SMILES string of the molecule is CC(=O)N1c2ccc(-c3ccc(CN(Cc4cc5nc(-c6cnc(N)nc6)nc(N6CCOCC6)c5s4)C(=O)OC(C)(C)C)cc3)cc2CC[C@@H]1C. The van der Waals surface area contributed by atoms with Gasteiger partial charge in [0.15, 0.2) is 11.6 Å². The highest BCUT2D eigenvalue weighted by Gasteiger charge is 2.27. The van der Waals surface area contributed by atoms with E-state index < -0.39 is 11.7 Å². The minimum atomic E-state index is -0.660. The lowest BCUT2D eigenvalue weighted by molar-refractivity contribution is -0.117. The summed E-state index contributed by atoms with van der Waals surface area (Å²) in [6, 6.07) is 16.8. The van der Waals surface area contributed by atoms with Crippen LogP contribution in [0.2, 0.25) is 0 Å². The molecule has 0 aliphatic carbocycles. The van der Waals surface area contributed by atoms with Crippen LogP contribution in [-0.2, 0) is 33.8 Å². The summed E-state index contributed by atoms with van der Waals surface area (Å²) in [5, 5.41) is 0. The minimum Gasteiger partial charge on any atom is -0.444 e. The number of nitrogens with two attached hydrogens (primary N) is 1. The summed E-state index contributed by atoms with van der Waals surface area (Å²) in [4.78, 5) is 51.0. The second kappa shape index (κ2) is 14.5. The van der Waals surface area contributed by atoms with Gasteiger partial charge in [0.1, 0.15) is 5.60 Å². The van der Waals surface area contributed by atoms with Gasteiger partial charge in [-0.1, -0.05) is 30.3 Å². The molecule has 7 rings (SSSR count). The van der Waals surface area contributed by atoms with Gasteiger partial charge >= 0.3 is 6.09 Å². The minimum absolute atomic E-state index is 0.0687. The lowest BCUT2D eigenvalue weighted by Crippen LogP contribution is -2.40. The number of nitrogens with zero attached hydrogens (tertiary/aromatic N) is 7. The van der Waals surface area contributed by atoms with Crippen LogP contribution >= 0.6 is 11.3 Å². The van der Waals surface area contributed by atoms with Crippen molar-refractivity contribution < 1.29 is 19.1 Å². The maximum absolute atomic E-state index is 13.7. The van der Waals surface area contributed by atoms with E-state index in [-0.39, 0.29) is 17.9 Å². The van der Waals surface area contributed by atoms with E-state index in [1.165, 1.54) is 5.56 Å². The van der Waals surface area contributed by atoms with Crippen LogP contribution < -0.4 is 15.5 Å². The van der Waals surface area contributed by atoms with E-state index in [1.54, 1.807) is 35.6 Å². The van der Waals surface area contributed by atoms with Crippen molar-refractivity contribution in [3.63, 3.8) is 0 Å². The molecule has 3 aromatic heterocycles. The van der Waals surface area contributed by atoms with E-state index in [2.05, 4.69) is 64.3 Å². The monoisotopic (exact) mass is 720 g/mol. The Bertz CT molecular complexity index is 2090. The molecule has 1 fully saturated rings. The van der Waals surface area contributed by atoms with Crippen molar-refractivity contribution in [2.24, 2.45) is 0 Å². The fourth-order valence-corrected chi connectivity index (χ4v) is 7.88. The van der Waals surface area contributed by atoms with Crippen LogP contribution in [0.1, 0.15) is 57.0 Å². The van der Waals surface area contributed by atoms with Crippen LogP contribution in [-0.4, -0.2) is 74.8 Å². The summed E-state index contributed by atoms with van der Waals surface area (Å²) in [7, 11) is 0. The molecular weight excluding hydrogens is 677 g/mol. The van der Waals surface area contributed by atoms with Gasteiger partial charge in [-0.15, -0.1) is 11.3 Å². The van der Waals surface area contributed by atoms with Gasteiger partial charge in [-0.05, 0) is 81.0 Å². The molecule has 52 heavy (non-hydrogen) atoms. The fourth-order valence-electron chi connectivity index (χ4n) is 6.75. The van der Waals surface area contributed by atoms with Gasteiger partial charge in [0.2, 0.25) is 11.9 Å². The Kier molecular flexibility index (Phi) is 9.82. The van der Waals surface area contributed by atoms with Crippen LogP contribution in [0.3, 0.4) is 0 Å². The van der Waals surface area contributed by atoms with Crippen LogP contribution in [0.4, 0.5) is 22.2 Å². The molecule has 5 aromatic rings. The Morgan fingerprint density at radius 2 is 1.69 bits per heavy atom. The van der Waals surface area contributed by atoms with Gasteiger partial charge < -0.3 is 25.0 Å². The summed E-state index contributed by atoms with van der Waals surface area (Å²) >= 11 is 1.58. The van der Waals surface area contributed by atoms with Crippen molar-refractivity contribution in [1.29, 1.82) is 0 Å². The zero-order valence-corrected chi connectivity index (χ0v) is 31.1. The lowest BCUT2D eigenvalue weighted by Gasteiger charge is -2.34. The Morgan fingerprint density at radius 3 is 2.38 bits per heavy atom. The molecule has 1 atom stereocenters. The number of nitrogen functional groups attached to an aromatic ring is 1. The van der Waals surface area contributed by atoms with E-state index in [1.807, 2.05) is 31.7 Å². The molecule has 2 aromatic carbocycles. The molecule has 0 spiro atoms. The molecule has 1 saturated heterocycles. The van der Waals surface area contributed by atoms with Crippen molar-refractivity contribution >= 4 is 51.0 Å². The quantitative estimate of drug-likeness (QED) is 0.190. The highest BCUT2D eigenvalue weighted by atomic mass is 32.1. The van der Waals surface area contributed by atoms with Crippen LogP contribution in [0.5, 0.6) is 0 Å². The van der Waals surface area contributed by atoms with Gasteiger partial charge in [0, 0.05) is 55.6 Å². The Labute approximate surface area is 307 Å². The number of amides is 2. The highest BCUT2D eigenvalue weighted by Crippen LogP contribution is 2.37. The van der Waals surface area contributed by atoms with Gasteiger partial charge in [0.25, 0.3) is 0 Å². The number of aryl methyl sites for hydroxylation is 1. The predicted molar refractivity (Wildman–Crippen MR) is 204 cm³/mol. The topological polar surface area (TPSA) is 140 Å². The molecule has 270 valence electrons. The molecule has 0 bridgehead atoms. The number of benzene rings is 2. The van der Waals surface area contributed by atoms with Crippen molar-refractivity contribution in [3.8, 4) is 22.5 Å². The lowest BCUT2D eigenvalue weighted by atomic mass is 9.93. The van der Waals surface area contributed by atoms with Crippen molar-refractivity contribution in [1.82, 2.24) is 24.8 Å². The van der Waals surface area contributed by atoms with E-state index in [9.17, 15) is 9.59 Å². The second-order valence-corrected chi connectivity index (χ2v) is 15.5. The van der Waals surface area contributed by atoms with E-state index >= 15 is 0 Å². The number of hydrogen-bond donors (Lipinski definition) is 1. The number of morpholine rings is 1. The maximum atomic E-state index is 13.7. The number of ether oxygens (including phenoxy) is 2. The predicted octanol–water partition coefficient (Wildman–Crippen LogP) is 6.86. The Hall–Kier alpha value is -5.14. The number of anilines is 3. The number of rotatable bonds is 7. The highest BCUT2D eigenvalue weighted by molar-refractivity contribution is 7.19. The zero-order chi connectivity index (χ0) is 36.6. The van der Waals surface area contributed by atoms with Crippen molar-refractivity contribution in [2.45, 2.75) is 72.2 Å². The zero-order valence-electron chi connectivity index (χ0n) is 30.3. The molecule has 2 aliphatic rings. The largest absolute Gasteiger partial charge is 0.444 e. The Morgan fingerprint density at radius 1 is 0.981 bits per heavy atom. The van der Waals surface area contributed by atoms with Gasteiger partial charge in [-0.25, -0.2) is 24.7 Å².